The summed E-state index contributed by atoms with van der Waals surface area (Å²) in [6.45, 7) is 5.18. The number of rotatable bonds is 4. The third-order valence-corrected chi connectivity index (χ3v) is 8.22. The Kier molecular flexibility index (Phi) is 5.22. The molecule has 1 aliphatic heterocycles. The van der Waals surface area contributed by atoms with Crippen LogP contribution >= 0.6 is 0 Å². The van der Waals surface area contributed by atoms with Gasteiger partial charge in [-0.25, -0.2) is 8.42 Å². The van der Waals surface area contributed by atoms with Crippen LogP contribution in [-0.2, 0) is 10.0 Å². The van der Waals surface area contributed by atoms with Crippen LogP contribution in [0.5, 0.6) is 0 Å². The van der Waals surface area contributed by atoms with Gasteiger partial charge in [-0.15, -0.1) is 0 Å². The number of fused-ring (bicyclic) bond motifs is 1. The topological polar surface area (TPSA) is 82.3 Å². The molecule has 7 heteroatoms. The van der Waals surface area contributed by atoms with Crippen molar-refractivity contribution in [2.45, 2.75) is 63.3 Å². The minimum Gasteiger partial charge on any atom is -0.350 e. The Morgan fingerprint density at radius 1 is 1.14 bits per heavy atom. The SMILES string of the molecule is Cc1c(C(=O)NC2CCCC2)[nH]c2ccc(S(=O)(=O)N3CCC(C)CC3)cc12. The lowest BCUT2D eigenvalue weighted by molar-refractivity contribution is 0.0933. The third-order valence-electron chi connectivity index (χ3n) is 6.33. The third kappa shape index (κ3) is 3.57. The maximum absolute atomic E-state index is 13.1. The quantitative estimate of drug-likeness (QED) is 0.819. The predicted molar refractivity (Wildman–Crippen MR) is 110 cm³/mol. The van der Waals surface area contributed by atoms with E-state index in [1.54, 1.807) is 22.5 Å². The monoisotopic (exact) mass is 403 g/mol. The number of hydrogen-bond acceptors (Lipinski definition) is 3. The first-order chi connectivity index (χ1) is 13.4. The van der Waals surface area contributed by atoms with Gasteiger partial charge >= 0.3 is 0 Å². The summed E-state index contributed by atoms with van der Waals surface area (Å²) in [5, 5.41) is 3.90. The Bertz CT molecular complexity index is 982. The van der Waals surface area contributed by atoms with Crippen LogP contribution in [0.3, 0.4) is 0 Å². The zero-order valence-corrected chi connectivity index (χ0v) is 17.4. The van der Waals surface area contributed by atoms with Gasteiger partial charge in [0.2, 0.25) is 10.0 Å². The van der Waals surface area contributed by atoms with Gasteiger partial charge in [0.05, 0.1) is 4.90 Å². The molecule has 2 aromatic rings. The summed E-state index contributed by atoms with van der Waals surface area (Å²) in [6, 6.07) is 5.37. The van der Waals surface area contributed by atoms with E-state index in [-0.39, 0.29) is 11.9 Å². The molecule has 1 aliphatic carbocycles. The number of aromatic nitrogens is 1. The van der Waals surface area contributed by atoms with Gasteiger partial charge in [-0.3, -0.25) is 4.79 Å². The predicted octanol–water partition coefficient (Wildman–Crippen LogP) is 3.57. The van der Waals surface area contributed by atoms with E-state index in [2.05, 4.69) is 17.2 Å². The fraction of sp³-hybridized carbons (Fsp3) is 0.571. The molecule has 0 unspecified atom stereocenters. The maximum atomic E-state index is 13.1. The van der Waals surface area contributed by atoms with Crippen molar-refractivity contribution in [3.05, 3.63) is 29.5 Å². The Balaban J connectivity index is 1.62. The average Bonchev–Trinajstić information content (AvgIpc) is 3.30. The number of nitrogens with zero attached hydrogens (tertiary/aromatic N) is 1. The van der Waals surface area contributed by atoms with Gasteiger partial charge in [0, 0.05) is 30.0 Å². The minimum atomic E-state index is -3.50. The van der Waals surface area contributed by atoms with E-state index < -0.39 is 10.0 Å². The van der Waals surface area contributed by atoms with Gasteiger partial charge in [0.25, 0.3) is 5.91 Å². The standard InChI is InChI=1S/C21H29N3O3S/c1-14-9-11-24(12-10-14)28(26,27)17-7-8-19-18(13-17)15(2)20(23-19)21(25)22-16-5-3-4-6-16/h7-8,13-14,16,23H,3-6,9-12H2,1-2H3,(H,22,25). The number of piperidine rings is 1. The highest BCUT2D eigenvalue weighted by molar-refractivity contribution is 7.89. The second-order valence-corrected chi connectivity index (χ2v) is 10.3. The summed E-state index contributed by atoms with van der Waals surface area (Å²) in [6.07, 6.45) is 6.18. The average molecular weight is 404 g/mol. The van der Waals surface area contributed by atoms with Crippen molar-refractivity contribution in [2.75, 3.05) is 13.1 Å². The van der Waals surface area contributed by atoms with Crippen molar-refractivity contribution in [1.29, 1.82) is 0 Å². The first-order valence-corrected chi connectivity index (χ1v) is 11.7. The molecule has 28 heavy (non-hydrogen) atoms. The number of aromatic amines is 1. The van der Waals surface area contributed by atoms with E-state index >= 15 is 0 Å². The summed E-state index contributed by atoms with van der Waals surface area (Å²) < 4.78 is 27.7. The Labute approximate surface area is 166 Å². The summed E-state index contributed by atoms with van der Waals surface area (Å²) in [5.41, 5.74) is 2.12. The molecule has 1 aromatic heterocycles. The molecule has 1 aromatic carbocycles. The minimum absolute atomic E-state index is 0.102. The first kappa shape index (κ1) is 19.5. The summed E-state index contributed by atoms with van der Waals surface area (Å²) in [5.74, 6) is 0.469. The summed E-state index contributed by atoms with van der Waals surface area (Å²) in [4.78, 5) is 16.2. The number of benzene rings is 1. The van der Waals surface area contributed by atoms with Crippen LogP contribution in [-0.4, -0.2) is 42.7 Å². The molecule has 1 saturated heterocycles. The molecule has 2 N–H and O–H groups in total. The van der Waals surface area contributed by atoms with Crippen LogP contribution in [0.1, 0.15) is 61.5 Å². The lowest BCUT2D eigenvalue weighted by Crippen LogP contribution is -2.37. The number of sulfonamides is 1. The number of amides is 1. The number of nitrogens with one attached hydrogen (secondary N) is 2. The highest BCUT2D eigenvalue weighted by Gasteiger charge is 2.29. The molecule has 2 heterocycles. The van der Waals surface area contributed by atoms with E-state index in [4.69, 9.17) is 0 Å². The molecule has 2 aliphatic rings. The van der Waals surface area contributed by atoms with Gasteiger partial charge in [-0.05, 0) is 62.3 Å². The Morgan fingerprint density at radius 2 is 1.82 bits per heavy atom. The molecular weight excluding hydrogens is 374 g/mol. The van der Waals surface area contributed by atoms with E-state index in [0.717, 1.165) is 55.0 Å². The molecule has 6 nitrogen and oxygen atoms in total. The van der Waals surface area contributed by atoms with Gasteiger partial charge < -0.3 is 10.3 Å². The molecule has 0 spiro atoms. The van der Waals surface area contributed by atoms with Crippen LogP contribution in [0.2, 0.25) is 0 Å². The molecule has 1 amide bonds. The van der Waals surface area contributed by atoms with Crippen molar-refractivity contribution in [3.8, 4) is 0 Å². The van der Waals surface area contributed by atoms with Gasteiger partial charge in [0.1, 0.15) is 5.69 Å². The van der Waals surface area contributed by atoms with E-state index in [1.165, 1.54) is 0 Å². The molecule has 0 atom stereocenters. The molecular formula is C21H29N3O3S. The van der Waals surface area contributed by atoms with Gasteiger partial charge in [0.15, 0.2) is 0 Å². The van der Waals surface area contributed by atoms with Crippen LogP contribution in [0.25, 0.3) is 10.9 Å². The van der Waals surface area contributed by atoms with Crippen LogP contribution in [0, 0.1) is 12.8 Å². The van der Waals surface area contributed by atoms with Crippen LogP contribution in [0.4, 0.5) is 0 Å². The lowest BCUT2D eigenvalue weighted by Gasteiger charge is -2.29. The van der Waals surface area contributed by atoms with Crippen molar-refractivity contribution >= 4 is 26.8 Å². The van der Waals surface area contributed by atoms with Gasteiger partial charge in [-0.1, -0.05) is 19.8 Å². The Hall–Kier alpha value is -1.86. The van der Waals surface area contributed by atoms with E-state index in [0.29, 0.717) is 29.6 Å². The van der Waals surface area contributed by atoms with Crippen molar-refractivity contribution in [3.63, 3.8) is 0 Å². The van der Waals surface area contributed by atoms with Crippen molar-refractivity contribution in [1.82, 2.24) is 14.6 Å². The Morgan fingerprint density at radius 3 is 2.50 bits per heavy atom. The second-order valence-electron chi connectivity index (χ2n) is 8.37. The molecule has 152 valence electrons. The fourth-order valence-corrected chi connectivity index (χ4v) is 5.89. The van der Waals surface area contributed by atoms with Gasteiger partial charge in [-0.2, -0.15) is 4.31 Å². The zero-order valence-electron chi connectivity index (χ0n) is 16.6. The van der Waals surface area contributed by atoms with E-state index in [9.17, 15) is 13.2 Å². The maximum Gasteiger partial charge on any atom is 0.268 e. The number of carbonyl (C=O) groups is 1. The highest BCUT2D eigenvalue weighted by atomic mass is 32.2. The fourth-order valence-electron chi connectivity index (χ4n) is 4.40. The van der Waals surface area contributed by atoms with Crippen molar-refractivity contribution in [2.24, 2.45) is 5.92 Å². The smallest absolute Gasteiger partial charge is 0.268 e. The number of aryl methyl sites for hydroxylation is 1. The normalized spacial score (nSPS) is 20.1. The molecule has 2 fully saturated rings. The molecule has 0 radical (unpaired) electrons. The first-order valence-electron chi connectivity index (χ1n) is 10.3. The highest BCUT2D eigenvalue weighted by Crippen LogP contribution is 2.29. The zero-order chi connectivity index (χ0) is 19.9. The largest absolute Gasteiger partial charge is 0.350 e. The van der Waals surface area contributed by atoms with Crippen molar-refractivity contribution < 1.29 is 13.2 Å². The van der Waals surface area contributed by atoms with Crippen LogP contribution in [0.15, 0.2) is 23.1 Å². The van der Waals surface area contributed by atoms with Crippen LogP contribution < -0.4 is 5.32 Å². The number of carbonyl (C=O) groups excluding carboxylic acids is 1. The molecule has 0 bridgehead atoms. The molecule has 1 saturated carbocycles. The number of hydrogen-bond donors (Lipinski definition) is 2. The number of H-pyrrole nitrogens is 1. The second kappa shape index (κ2) is 7.52. The summed E-state index contributed by atoms with van der Waals surface area (Å²) in [7, 11) is -3.50. The molecule has 4 rings (SSSR count). The summed E-state index contributed by atoms with van der Waals surface area (Å²) >= 11 is 0. The lowest BCUT2D eigenvalue weighted by atomic mass is 10.0. The van der Waals surface area contributed by atoms with E-state index in [1.807, 2.05) is 6.92 Å².